The molecule has 4 aromatic heterocycles. The van der Waals surface area contributed by atoms with Crippen molar-refractivity contribution in [3.05, 3.63) is 189 Å². The molecule has 4 nitrogen and oxygen atoms in total. The molecule has 0 atom stereocenters. The third-order valence-corrected chi connectivity index (χ3v) is 33.3. The SMILES string of the molecule is Cc1cc(C(C)(C)C)ccc1-c1cc(CC2CCCC2)c([Si](C)(C)C)c[n+]1C.Cc1cc(C(C)C)ccc1-c1cc(CC2CCCC2)c([Si](C)(C)C)c[n+]1C.Cc1cc(CC(C)C)ccc1-c1cc(CC2CCCC2)c([Si](C)(C)C)c[n+]1C.Cc1ccc(-c2cc(CC3CCCC3)c([Si](C)(C)C)c[n+]2C)c(C)c1. The summed E-state index contributed by atoms with van der Waals surface area (Å²) in [7, 11) is 3.47. The summed E-state index contributed by atoms with van der Waals surface area (Å²) in [6, 6.07) is 38.2. The Balaban J connectivity index is 0.000000166. The molecule has 0 radical (unpaired) electrons. The van der Waals surface area contributed by atoms with Gasteiger partial charge in [-0.2, -0.15) is 0 Å². The van der Waals surface area contributed by atoms with Crippen LogP contribution in [0.1, 0.15) is 224 Å². The zero-order valence-corrected chi connectivity index (χ0v) is 78.1. The Labute approximate surface area is 666 Å². The van der Waals surface area contributed by atoms with E-state index in [1.54, 1.807) is 43.0 Å². The zero-order valence-electron chi connectivity index (χ0n) is 74.1. The number of aryl methyl sites for hydroxylation is 9. The summed E-state index contributed by atoms with van der Waals surface area (Å²) in [6.45, 7) is 57.1. The summed E-state index contributed by atoms with van der Waals surface area (Å²) >= 11 is 0. The second-order valence-corrected chi connectivity index (χ2v) is 61.0. The molecule has 0 N–H and O–H groups in total. The van der Waals surface area contributed by atoms with E-state index in [1.807, 2.05) is 0 Å². The number of pyridine rings is 4. The van der Waals surface area contributed by atoms with Gasteiger partial charge in [0.05, 0.1) is 32.3 Å². The first kappa shape index (κ1) is 86.3. The highest BCUT2D eigenvalue weighted by molar-refractivity contribution is 6.90. The molecule has 0 saturated heterocycles. The molecule has 0 aliphatic heterocycles. The van der Waals surface area contributed by atoms with Crippen molar-refractivity contribution in [1.82, 2.24) is 0 Å². The van der Waals surface area contributed by atoms with E-state index in [9.17, 15) is 0 Å². The molecule has 584 valence electrons. The van der Waals surface area contributed by atoms with Gasteiger partial charge in [0.15, 0.2) is 24.8 Å². The number of rotatable bonds is 19. The average molecular weight is 1520 g/mol. The Morgan fingerprint density at radius 3 is 0.880 bits per heavy atom. The molecule has 0 bridgehead atoms. The number of hydrogen-bond donors (Lipinski definition) is 0. The molecule has 4 aromatic carbocycles. The highest BCUT2D eigenvalue weighted by Gasteiger charge is 2.34. The highest BCUT2D eigenvalue weighted by atomic mass is 28.3. The minimum atomic E-state index is -1.37. The molecule has 4 fully saturated rings. The molecule has 4 aliphatic rings. The molecule has 4 aliphatic carbocycles. The zero-order chi connectivity index (χ0) is 79.1. The smallest absolute Gasteiger partial charge is 0.201 e. The Hall–Kier alpha value is -5.65. The van der Waals surface area contributed by atoms with Gasteiger partial charge in [0.25, 0.3) is 0 Å². The van der Waals surface area contributed by atoms with Gasteiger partial charge in [0, 0.05) is 67.3 Å². The largest absolute Gasteiger partial charge is 0.212 e. The Kier molecular flexibility index (Phi) is 29.1. The van der Waals surface area contributed by atoms with Crippen molar-refractivity contribution in [2.45, 2.75) is 308 Å². The van der Waals surface area contributed by atoms with Crippen LogP contribution >= 0.6 is 0 Å². The lowest BCUT2D eigenvalue weighted by atomic mass is 9.85. The Bertz CT molecular complexity index is 4360. The quantitative estimate of drug-likeness (QED) is 0.0566. The highest BCUT2D eigenvalue weighted by Crippen LogP contribution is 2.36. The predicted octanol–water partition coefficient (Wildman–Crippen LogP) is 23.0. The van der Waals surface area contributed by atoms with Crippen LogP contribution in [0.4, 0.5) is 0 Å². The van der Waals surface area contributed by atoms with E-state index in [-0.39, 0.29) is 5.41 Å². The molecular formula is C100H152N4Si4+4. The predicted molar refractivity (Wildman–Crippen MR) is 482 cm³/mol. The van der Waals surface area contributed by atoms with Gasteiger partial charge in [-0.05, 0) is 193 Å². The molecule has 12 rings (SSSR count). The van der Waals surface area contributed by atoms with Gasteiger partial charge in [-0.3, -0.25) is 0 Å². The van der Waals surface area contributed by atoms with Crippen molar-refractivity contribution in [1.29, 1.82) is 0 Å². The normalized spacial score (nSPS) is 15.8. The third-order valence-electron chi connectivity index (χ3n) is 25.0. The van der Waals surface area contributed by atoms with E-state index in [1.165, 1.54) is 218 Å². The van der Waals surface area contributed by atoms with Crippen LogP contribution in [0.25, 0.3) is 45.0 Å². The van der Waals surface area contributed by atoms with Gasteiger partial charge in [-0.15, -0.1) is 0 Å². The number of aromatic nitrogens is 4. The first-order valence-corrected chi connectivity index (χ1v) is 57.1. The molecule has 8 aromatic rings. The van der Waals surface area contributed by atoms with E-state index >= 15 is 0 Å². The van der Waals surface area contributed by atoms with Crippen molar-refractivity contribution in [3.63, 3.8) is 0 Å². The van der Waals surface area contributed by atoms with Crippen LogP contribution in [0, 0.1) is 64.2 Å². The van der Waals surface area contributed by atoms with Crippen molar-refractivity contribution in [3.8, 4) is 45.0 Å². The van der Waals surface area contributed by atoms with E-state index in [4.69, 9.17) is 0 Å². The lowest BCUT2D eigenvalue weighted by Crippen LogP contribution is -2.47. The van der Waals surface area contributed by atoms with Gasteiger partial charge in [0.1, 0.15) is 28.2 Å². The lowest BCUT2D eigenvalue weighted by molar-refractivity contribution is -0.659. The van der Waals surface area contributed by atoms with Crippen LogP contribution in [-0.4, -0.2) is 32.3 Å². The third kappa shape index (κ3) is 22.8. The fourth-order valence-corrected chi connectivity index (χ4v) is 25.7. The summed E-state index contributed by atoms with van der Waals surface area (Å²) in [4.78, 5) is 0. The fraction of sp³-hybridized carbons (Fsp3) is 0.560. The molecular weight excluding hydrogens is 1370 g/mol. The second kappa shape index (κ2) is 36.4. The summed E-state index contributed by atoms with van der Waals surface area (Å²) < 4.78 is 9.51. The van der Waals surface area contributed by atoms with Gasteiger partial charge in [-0.1, -0.05) is 284 Å². The molecule has 4 saturated carbocycles. The maximum atomic E-state index is 2.54. The summed E-state index contributed by atoms with van der Waals surface area (Å²) in [5.74, 6) is 4.86. The first-order valence-electron chi connectivity index (χ1n) is 43.1. The van der Waals surface area contributed by atoms with Gasteiger partial charge in [-0.25, -0.2) is 18.3 Å². The second-order valence-electron chi connectivity index (χ2n) is 40.8. The monoisotopic (exact) mass is 1520 g/mol. The van der Waals surface area contributed by atoms with Crippen LogP contribution in [0.15, 0.2) is 122 Å². The topological polar surface area (TPSA) is 15.5 Å². The Morgan fingerprint density at radius 2 is 0.620 bits per heavy atom. The van der Waals surface area contributed by atoms with Crippen molar-refractivity contribution in [2.75, 3.05) is 0 Å². The maximum Gasteiger partial charge on any atom is 0.212 e. The number of hydrogen-bond acceptors (Lipinski definition) is 0. The maximum absolute atomic E-state index is 2.54. The molecule has 108 heavy (non-hydrogen) atoms. The molecule has 4 heterocycles. The van der Waals surface area contributed by atoms with Gasteiger partial charge < -0.3 is 0 Å². The van der Waals surface area contributed by atoms with Crippen molar-refractivity contribution in [2.24, 2.45) is 57.8 Å². The van der Waals surface area contributed by atoms with Crippen LogP contribution in [0.3, 0.4) is 0 Å². The summed E-state index contributed by atoms with van der Waals surface area (Å²) in [5, 5.41) is 6.60. The minimum Gasteiger partial charge on any atom is -0.201 e. The molecule has 0 spiro atoms. The standard InChI is InChI=1S/2C26H40NSi.C25H38NSi.C23H34NSi/c1-19-15-22(26(2,3)4)13-14-23(19)24-17-21(16-20-11-9-10-12-20)25(18-27(24)5)28(6,7)8;1-19(2)14-22-12-13-24(20(3)15-22)25-17-23(16-21-10-8-9-11-21)26(18-27(25)4)28(5,6)7;1-18(2)21-12-13-23(19(3)14-21)24-16-22(15-20-10-8-9-11-20)25(17-26(24)4)27(5,6)7;1-17-11-12-21(18(2)13-17)22-15-20(14-19-9-7-8-10-19)23(16-24(22)3)25(4,5)6/h13-15,17-18,20H,9-12,16H2,1-8H3;12-13,15,17-19,21H,8-11,14,16H2,1-7H3;12-14,16-18,20H,8-11,15H2,1-7H3;11-13,15-16,19H,7-10,14H2,1-6H3/q4*+1. The van der Waals surface area contributed by atoms with Gasteiger partial charge in [0.2, 0.25) is 22.8 Å². The first-order chi connectivity index (χ1) is 50.5. The van der Waals surface area contributed by atoms with E-state index < -0.39 is 32.3 Å². The minimum absolute atomic E-state index is 0.195. The van der Waals surface area contributed by atoms with Crippen LogP contribution < -0.4 is 39.0 Å². The average Bonchev–Trinajstić information content (AvgIpc) is 0.842. The molecule has 8 heteroatoms. The van der Waals surface area contributed by atoms with Crippen LogP contribution in [-0.2, 0) is 65.7 Å². The molecule has 0 amide bonds. The Morgan fingerprint density at radius 1 is 0.343 bits per heavy atom. The van der Waals surface area contributed by atoms with Gasteiger partial charge >= 0.3 is 0 Å². The molecule has 0 unspecified atom stereocenters. The van der Waals surface area contributed by atoms with E-state index in [0.29, 0.717) is 11.8 Å². The fourth-order valence-electron chi connectivity index (χ4n) is 18.8. The van der Waals surface area contributed by atoms with E-state index in [0.717, 1.165) is 30.1 Å². The summed E-state index contributed by atoms with van der Waals surface area (Å²) in [5.41, 5.74) is 28.9. The number of benzene rings is 4. The lowest BCUT2D eigenvalue weighted by Gasteiger charge is -2.23. The summed E-state index contributed by atoms with van der Waals surface area (Å²) in [6.07, 6.45) is 38.9. The van der Waals surface area contributed by atoms with Crippen LogP contribution in [0.5, 0.6) is 0 Å². The van der Waals surface area contributed by atoms with Crippen molar-refractivity contribution < 1.29 is 18.3 Å². The van der Waals surface area contributed by atoms with Crippen molar-refractivity contribution >= 4 is 53.0 Å². The number of nitrogens with zero attached hydrogens (tertiary/aromatic N) is 4. The van der Waals surface area contributed by atoms with Crippen LogP contribution in [0.2, 0.25) is 78.6 Å². The van der Waals surface area contributed by atoms with E-state index in [2.05, 4.69) is 330 Å².